The Morgan fingerprint density at radius 1 is 1.28 bits per heavy atom. The van der Waals surface area contributed by atoms with Crippen molar-refractivity contribution in [1.82, 2.24) is 15.3 Å². The molecule has 0 unspecified atom stereocenters. The number of nitrogens with zero attached hydrogens (tertiary/aromatic N) is 2. The first kappa shape index (κ1) is 20.6. The van der Waals surface area contributed by atoms with Gasteiger partial charge in [-0.05, 0) is 37.5 Å². The molecule has 1 atom stereocenters. The van der Waals surface area contributed by atoms with E-state index in [1.165, 1.54) is 31.5 Å². The monoisotopic (exact) mass is 404 g/mol. The number of pyridine rings is 2. The Bertz CT molecular complexity index is 880. The maximum Gasteiger partial charge on any atom is 0.281 e. The Morgan fingerprint density at radius 3 is 2.66 bits per heavy atom. The molecule has 2 aromatic heterocycles. The topological polar surface area (TPSA) is 93.2 Å². The third-order valence-corrected chi connectivity index (χ3v) is 4.48. The number of carbonyl (C=O) groups is 2. The van der Waals surface area contributed by atoms with Crippen LogP contribution in [0.1, 0.15) is 42.6 Å². The first-order valence-electron chi connectivity index (χ1n) is 9.27. The predicted octanol–water partition coefficient (Wildman–Crippen LogP) is 3.18. The number of carbonyl (C=O) groups excluding carboxylic acids is 2. The van der Waals surface area contributed by atoms with Gasteiger partial charge >= 0.3 is 0 Å². The fourth-order valence-corrected chi connectivity index (χ4v) is 2.37. The summed E-state index contributed by atoms with van der Waals surface area (Å²) in [5, 5.41) is 5.43. The summed E-state index contributed by atoms with van der Waals surface area (Å²) < 4.78 is 31.4. The van der Waals surface area contributed by atoms with Crippen LogP contribution in [0.25, 0.3) is 0 Å². The number of anilines is 1. The van der Waals surface area contributed by atoms with Gasteiger partial charge in [-0.15, -0.1) is 0 Å². The highest BCUT2D eigenvalue weighted by atomic mass is 19.3. The molecule has 2 heterocycles. The van der Waals surface area contributed by atoms with Gasteiger partial charge in [-0.2, -0.15) is 0 Å². The first-order valence-corrected chi connectivity index (χ1v) is 9.27. The number of alkyl halides is 2. The average Bonchev–Trinajstić information content (AvgIpc) is 3.52. The standard InChI is InChI=1S/C20H22F2N4O3/c1-12(20(2,21)22)29-17-6-3-13(10-24-17)11-25-18(27)15-7-8-23-16(9-15)26-19(28)14-4-5-14/h3,6-10,12,14H,4-5,11H2,1-2H3,(H,25,27)(H,23,26,28)/t12-/m1/s1. The van der Waals surface area contributed by atoms with Gasteiger partial charge in [0.2, 0.25) is 11.8 Å². The summed E-state index contributed by atoms with van der Waals surface area (Å²) in [6.45, 7) is 2.24. The molecule has 1 aliphatic carbocycles. The highest BCUT2D eigenvalue weighted by molar-refractivity contribution is 5.97. The molecule has 0 radical (unpaired) electrons. The van der Waals surface area contributed by atoms with Crippen LogP contribution in [0.5, 0.6) is 5.88 Å². The van der Waals surface area contributed by atoms with Gasteiger partial charge in [-0.3, -0.25) is 9.59 Å². The molecular weight excluding hydrogens is 382 g/mol. The second kappa shape index (κ2) is 8.50. The lowest BCUT2D eigenvalue weighted by atomic mass is 10.2. The van der Waals surface area contributed by atoms with E-state index in [9.17, 15) is 18.4 Å². The van der Waals surface area contributed by atoms with Crippen molar-refractivity contribution >= 4 is 17.6 Å². The number of halogens is 2. The molecule has 2 aromatic rings. The molecule has 1 aliphatic rings. The minimum Gasteiger partial charge on any atom is -0.468 e. The Morgan fingerprint density at radius 2 is 2.03 bits per heavy atom. The van der Waals surface area contributed by atoms with E-state index < -0.39 is 12.0 Å². The van der Waals surface area contributed by atoms with Crippen LogP contribution in [-0.4, -0.2) is 33.8 Å². The zero-order valence-electron chi connectivity index (χ0n) is 16.1. The Labute approximate surface area is 166 Å². The van der Waals surface area contributed by atoms with E-state index in [1.807, 2.05) is 0 Å². The molecule has 2 amide bonds. The van der Waals surface area contributed by atoms with Gasteiger partial charge < -0.3 is 15.4 Å². The van der Waals surface area contributed by atoms with Crippen molar-refractivity contribution in [1.29, 1.82) is 0 Å². The second-order valence-corrected chi connectivity index (χ2v) is 7.10. The summed E-state index contributed by atoms with van der Waals surface area (Å²) in [6, 6.07) is 6.17. The van der Waals surface area contributed by atoms with Crippen molar-refractivity contribution in [2.45, 2.75) is 45.3 Å². The number of rotatable bonds is 8. The van der Waals surface area contributed by atoms with E-state index in [2.05, 4.69) is 20.6 Å². The third-order valence-electron chi connectivity index (χ3n) is 4.48. The van der Waals surface area contributed by atoms with Crippen LogP contribution >= 0.6 is 0 Å². The van der Waals surface area contributed by atoms with E-state index in [-0.39, 0.29) is 30.2 Å². The number of nitrogens with one attached hydrogen (secondary N) is 2. The second-order valence-electron chi connectivity index (χ2n) is 7.10. The van der Waals surface area contributed by atoms with Gasteiger partial charge in [-0.25, -0.2) is 18.7 Å². The lowest BCUT2D eigenvalue weighted by Crippen LogP contribution is -2.32. The van der Waals surface area contributed by atoms with Crippen LogP contribution in [0.3, 0.4) is 0 Å². The Hall–Kier alpha value is -3.10. The molecule has 9 heteroatoms. The lowest BCUT2D eigenvalue weighted by molar-refractivity contribution is -0.117. The molecule has 0 aliphatic heterocycles. The molecular formula is C20H22F2N4O3. The summed E-state index contributed by atoms with van der Waals surface area (Å²) in [5.74, 6) is -2.94. The number of hydrogen-bond acceptors (Lipinski definition) is 5. The zero-order chi connectivity index (χ0) is 21.0. The van der Waals surface area contributed by atoms with E-state index in [4.69, 9.17) is 4.74 Å². The molecule has 0 saturated heterocycles. The molecule has 7 nitrogen and oxygen atoms in total. The third kappa shape index (κ3) is 5.94. The zero-order valence-corrected chi connectivity index (χ0v) is 16.1. The Kier molecular flexibility index (Phi) is 6.05. The van der Waals surface area contributed by atoms with Crippen LogP contribution < -0.4 is 15.4 Å². The van der Waals surface area contributed by atoms with Crippen LogP contribution in [0.2, 0.25) is 0 Å². The summed E-state index contributed by atoms with van der Waals surface area (Å²) in [7, 11) is 0. The number of aromatic nitrogens is 2. The van der Waals surface area contributed by atoms with Crippen molar-refractivity contribution in [2.24, 2.45) is 5.92 Å². The minimum atomic E-state index is -2.98. The van der Waals surface area contributed by atoms with Gasteiger partial charge in [0.25, 0.3) is 11.8 Å². The van der Waals surface area contributed by atoms with Crippen molar-refractivity contribution in [3.8, 4) is 5.88 Å². The van der Waals surface area contributed by atoms with E-state index in [1.54, 1.807) is 12.1 Å². The largest absolute Gasteiger partial charge is 0.468 e. The van der Waals surface area contributed by atoms with Gasteiger partial charge in [0.1, 0.15) is 5.82 Å². The van der Waals surface area contributed by atoms with E-state index in [0.29, 0.717) is 16.9 Å². The molecule has 0 bridgehead atoms. The fourth-order valence-electron chi connectivity index (χ4n) is 2.37. The molecule has 154 valence electrons. The number of amides is 2. The predicted molar refractivity (Wildman–Crippen MR) is 102 cm³/mol. The minimum absolute atomic E-state index is 0.0419. The molecule has 0 spiro atoms. The van der Waals surface area contributed by atoms with E-state index >= 15 is 0 Å². The fraction of sp³-hybridized carbons (Fsp3) is 0.400. The van der Waals surface area contributed by atoms with Crippen molar-refractivity contribution < 1.29 is 23.1 Å². The number of ether oxygens (including phenoxy) is 1. The highest BCUT2D eigenvalue weighted by Crippen LogP contribution is 2.30. The normalized spacial score (nSPS) is 14.8. The molecule has 29 heavy (non-hydrogen) atoms. The van der Waals surface area contributed by atoms with Gasteiger partial charge in [0.15, 0.2) is 6.10 Å². The maximum absolute atomic E-state index is 13.2. The maximum atomic E-state index is 13.2. The summed E-state index contributed by atoms with van der Waals surface area (Å²) >= 11 is 0. The molecule has 3 rings (SSSR count). The average molecular weight is 404 g/mol. The van der Waals surface area contributed by atoms with Crippen molar-refractivity contribution in [2.75, 3.05) is 5.32 Å². The summed E-state index contributed by atoms with van der Waals surface area (Å²) in [6.07, 6.45) is 3.36. The van der Waals surface area contributed by atoms with Gasteiger partial charge in [-0.1, -0.05) is 6.07 Å². The molecule has 2 N–H and O–H groups in total. The van der Waals surface area contributed by atoms with E-state index in [0.717, 1.165) is 19.8 Å². The summed E-state index contributed by atoms with van der Waals surface area (Å²) in [5.41, 5.74) is 1.04. The Balaban J connectivity index is 1.53. The first-order chi connectivity index (χ1) is 13.7. The lowest BCUT2D eigenvalue weighted by Gasteiger charge is -2.20. The highest BCUT2D eigenvalue weighted by Gasteiger charge is 2.32. The smallest absolute Gasteiger partial charge is 0.281 e. The quantitative estimate of drug-likeness (QED) is 0.705. The van der Waals surface area contributed by atoms with Gasteiger partial charge in [0.05, 0.1) is 0 Å². The molecule has 0 aromatic carbocycles. The van der Waals surface area contributed by atoms with Crippen LogP contribution in [-0.2, 0) is 11.3 Å². The number of hydrogen-bond donors (Lipinski definition) is 2. The van der Waals surface area contributed by atoms with Gasteiger partial charge in [0, 0.05) is 43.4 Å². The van der Waals surface area contributed by atoms with Crippen LogP contribution in [0, 0.1) is 5.92 Å². The molecule has 1 fully saturated rings. The summed E-state index contributed by atoms with van der Waals surface area (Å²) in [4.78, 5) is 32.2. The van der Waals surface area contributed by atoms with Crippen LogP contribution in [0.15, 0.2) is 36.7 Å². The molecule has 1 saturated carbocycles. The SMILES string of the molecule is C[C@@H](Oc1ccc(CNC(=O)c2ccnc(NC(=O)C3CC3)c2)cn1)C(C)(F)F. The van der Waals surface area contributed by atoms with Crippen LogP contribution in [0.4, 0.5) is 14.6 Å². The van der Waals surface area contributed by atoms with Crippen molar-refractivity contribution in [3.63, 3.8) is 0 Å². The van der Waals surface area contributed by atoms with Crippen molar-refractivity contribution in [3.05, 3.63) is 47.8 Å².